The summed E-state index contributed by atoms with van der Waals surface area (Å²) in [5, 5.41) is 5.60. The Kier molecular flexibility index (Phi) is 14.2. The molecular weight excluding hydrogens is 941 g/mol. The maximum Gasteiger partial charge on any atom is 0.407 e. The summed E-state index contributed by atoms with van der Waals surface area (Å²) in [5.41, 5.74) is 13.6. The monoisotopic (exact) mass is 1020 g/mol. The molecule has 2 aromatic heterocycles. The molecule has 14 rings (SSSR count). The zero-order valence-electron chi connectivity index (χ0n) is 44.8. The van der Waals surface area contributed by atoms with Gasteiger partial charge in [0.15, 0.2) is 0 Å². The third kappa shape index (κ3) is 9.75. The Morgan fingerprint density at radius 3 is 1.88 bits per heavy atom. The van der Waals surface area contributed by atoms with Crippen molar-refractivity contribution in [2.75, 3.05) is 14.2 Å². The van der Waals surface area contributed by atoms with Gasteiger partial charge in [0, 0.05) is 12.1 Å². The van der Waals surface area contributed by atoms with Gasteiger partial charge < -0.3 is 39.9 Å². The highest BCUT2D eigenvalue weighted by atomic mass is 16.5. The number of hydrogen-bond acceptors (Lipinski definition) is 8. The molecule has 4 N–H and O–H groups in total. The molecule has 10 atom stereocenters. The average Bonchev–Trinajstić information content (AvgIpc) is 4.22. The van der Waals surface area contributed by atoms with E-state index in [9.17, 15) is 19.2 Å². The lowest BCUT2D eigenvalue weighted by Gasteiger charge is -2.36. The number of ether oxygens (including phenoxy) is 2. The molecule has 14 nitrogen and oxygen atoms in total. The van der Waals surface area contributed by atoms with Crippen molar-refractivity contribution in [2.24, 2.45) is 29.6 Å². The molecule has 5 aromatic rings. The van der Waals surface area contributed by atoms with Gasteiger partial charge in [0.2, 0.25) is 11.8 Å². The third-order valence-corrected chi connectivity index (χ3v) is 18.5. The van der Waals surface area contributed by atoms with Crippen LogP contribution in [0.1, 0.15) is 158 Å². The van der Waals surface area contributed by atoms with E-state index in [1.54, 1.807) is 6.92 Å². The van der Waals surface area contributed by atoms with Crippen LogP contribution in [-0.2, 0) is 31.9 Å². The minimum Gasteiger partial charge on any atom is -0.453 e. The van der Waals surface area contributed by atoms with Gasteiger partial charge in [-0.25, -0.2) is 19.6 Å². The Hall–Kier alpha value is -6.44. The lowest BCUT2D eigenvalue weighted by Crippen LogP contribution is -2.53. The third-order valence-electron chi connectivity index (χ3n) is 18.5. The van der Waals surface area contributed by atoms with Crippen LogP contribution in [-0.4, -0.2) is 92.1 Å². The summed E-state index contributed by atoms with van der Waals surface area (Å²) >= 11 is 0. The normalized spacial score (nSPS) is 26.4. The first-order chi connectivity index (χ1) is 36.3. The number of fused-ring (bicyclic) bond motifs is 4. The van der Waals surface area contributed by atoms with Gasteiger partial charge in [-0.15, -0.1) is 0 Å². The molecule has 3 aromatic carbocycles. The zero-order chi connectivity index (χ0) is 52.2. The number of alkyl carbamates (subject to hydrolysis) is 2. The second-order valence-electron chi connectivity index (χ2n) is 23.5. The highest BCUT2D eigenvalue weighted by molar-refractivity contribution is 5.90. The second-order valence-corrected chi connectivity index (χ2v) is 23.5. The second kappa shape index (κ2) is 20.9. The molecule has 7 aliphatic carbocycles. The van der Waals surface area contributed by atoms with Crippen LogP contribution in [0.4, 0.5) is 9.59 Å². The number of methoxy groups -OCH3 is 2. The van der Waals surface area contributed by atoms with E-state index in [1.807, 2.05) is 18.7 Å². The molecule has 2 saturated heterocycles. The first kappa shape index (κ1) is 50.7. The predicted molar refractivity (Wildman–Crippen MR) is 291 cm³/mol. The van der Waals surface area contributed by atoms with E-state index in [-0.39, 0.29) is 41.9 Å². The van der Waals surface area contributed by atoms with E-state index in [0.717, 1.165) is 129 Å². The number of aromatic nitrogens is 4. The molecule has 4 fully saturated rings. The molecular formula is C61H76N8O6. The Balaban J connectivity index is 0.862. The fourth-order valence-corrected chi connectivity index (χ4v) is 14.5. The Morgan fingerprint density at radius 2 is 1.27 bits per heavy atom. The molecule has 2 saturated carbocycles. The summed E-state index contributed by atoms with van der Waals surface area (Å²) in [6.45, 7) is 12.2. The first-order valence-electron chi connectivity index (χ1n) is 28.1. The lowest BCUT2D eigenvalue weighted by atomic mass is 9.72. The molecule has 0 radical (unpaired) electrons. The molecule has 4 amide bonds. The Labute approximate surface area is 441 Å². The van der Waals surface area contributed by atoms with Gasteiger partial charge in [0.25, 0.3) is 0 Å². The van der Waals surface area contributed by atoms with Crippen molar-refractivity contribution in [3.8, 4) is 11.1 Å². The smallest absolute Gasteiger partial charge is 0.407 e. The summed E-state index contributed by atoms with van der Waals surface area (Å²) in [6.07, 6.45) is 15.2. The maximum absolute atomic E-state index is 14.5. The number of nitrogens with one attached hydrogen (secondary N) is 4. The Bertz CT molecular complexity index is 3060. The van der Waals surface area contributed by atoms with Crippen molar-refractivity contribution < 1.29 is 28.7 Å². The SMILES string of the molecule is C=C(C)[C@H](NC(=O)OC)C(=O)N1[C@H](c2nc3cc(C4=C5CCc6ccc(c(-c7ccc8[nH]c([C@@H]9C[C@@H]%10CCCC[C@@H]%10N9C(=O)[C@@H](NC(=O)OC)C(C)C)nc8c7)c6)C[C@@H](C)[C@H](CC5)C4)ccc3[nH]2)C[C@@H]2CCCC[C@@H]21. The van der Waals surface area contributed by atoms with E-state index < -0.39 is 24.3 Å². The number of likely N-dealkylation sites (tertiary alicyclic amines) is 2. The minimum absolute atomic E-state index is 0.0608. The van der Waals surface area contributed by atoms with Crippen LogP contribution in [0.5, 0.6) is 0 Å². The highest BCUT2D eigenvalue weighted by Crippen LogP contribution is 2.49. The van der Waals surface area contributed by atoms with Crippen LogP contribution in [0.3, 0.4) is 0 Å². The number of allylic oxidation sites excluding steroid dienone is 2. The van der Waals surface area contributed by atoms with Crippen LogP contribution in [0.2, 0.25) is 0 Å². The zero-order valence-corrected chi connectivity index (χ0v) is 44.8. The number of carbonyl (C=O) groups excluding carboxylic acids is 4. The fraction of sp³-hybridized carbons (Fsp3) is 0.541. The van der Waals surface area contributed by atoms with Crippen molar-refractivity contribution in [3.05, 3.63) is 101 Å². The minimum atomic E-state index is -0.879. The van der Waals surface area contributed by atoms with Crippen molar-refractivity contribution in [1.29, 1.82) is 0 Å². The molecule has 396 valence electrons. The van der Waals surface area contributed by atoms with Gasteiger partial charge in [0.05, 0.1) is 48.4 Å². The van der Waals surface area contributed by atoms with Crippen molar-refractivity contribution in [2.45, 2.75) is 167 Å². The van der Waals surface area contributed by atoms with Crippen molar-refractivity contribution in [3.63, 3.8) is 0 Å². The average molecular weight is 1020 g/mol. The van der Waals surface area contributed by atoms with Crippen LogP contribution in [0.15, 0.2) is 72.3 Å². The van der Waals surface area contributed by atoms with Crippen LogP contribution >= 0.6 is 0 Å². The summed E-state index contributed by atoms with van der Waals surface area (Å²) in [5.74, 6) is 3.02. The Morgan fingerprint density at radius 1 is 0.680 bits per heavy atom. The summed E-state index contributed by atoms with van der Waals surface area (Å²) in [7, 11) is 2.65. The van der Waals surface area contributed by atoms with E-state index in [4.69, 9.17) is 19.4 Å². The van der Waals surface area contributed by atoms with Gasteiger partial charge >= 0.3 is 12.2 Å². The first-order valence-corrected chi connectivity index (χ1v) is 28.1. The number of benzene rings is 3. The van der Waals surface area contributed by atoms with Gasteiger partial charge in [-0.3, -0.25) is 9.59 Å². The summed E-state index contributed by atoms with van der Waals surface area (Å²) in [6, 6.07) is 18.7. The van der Waals surface area contributed by atoms with Gasteiger partial charge in [-0.1, -0.05) is 88.9 Å². The van der Waals surface area contributed by atoms with Crippen molar-refractivity contribution >= 4 is 51.6 Å². The number of hydrogen-bond donors (Lipinski definition) is 4. The lowest BCUT2D eigenvalue weighted by molar-refractivity contribution is -0.138. The molecule has 0 unspecified atom stereocenters. The van der Waals surface area contributed by atoms with E-state index >= 15 is 0 Å². The van der Waals surface area contributed by atoms with Gasteiger partial charge in [-0.05, 0) is 177 Å². The van der Waals surface area contributed by atoms with E-state index in [0.29, 0.717) is 29.2 Å². The number of H-pyrrole nitrogens is 2. The number of aromatic amines is 2. The molecule has 9 aliphatic rings. The maximum atomic E-state index is 14.5. The largest absolute Gasteiger partial charge is 0.453 e. The number of nitrogens with zero attached hydrogens (tertiary/aromatic N) is 4. The number of imidazole rings is 2. The molecule has 2 aliphatic heterocycles. The van der Waals surface area contributed by atoms with Crippen LogP contribution < -0.4 is 10.6 Å². The summed E-state index contributed by atoms with van der Waals surface area (Å²) < 4.78 is 9.85. The van der Waals surface area contributed by atoms with E-state index in [2.05, 4.69) is 93.6 Å². The standard InChI is InChI=1S/C61H76N8O6/c1-33(2)54(66-60(72)74-6)58(70)68-50-14-10-8-12-42(50)31-52(68)56-62-46-24-22-40(29-48(46)64-56)44-27-36-16-18-37-20-21-38(35(5)26-39(44)19-17-36)28-45(37)41-23-25-47-49(30-41)65-57(63-47)53-32-43-13-9-11-15-51(43)69(53)59(71)55(34(3)4)67-61(73)75-7/h17,19,22-25,27,29-30,33,35,38,42-43,50-55H,3,8-16,18,20-21,26,28,31-32H2,1-2,4-7H3,(H,62,64)(H,63,65)(H,66,72)(H,67,73)/t35-,38-,42+,43+,50+,51+,52+,53+,54+,55+/m1/s1. The quantitative estimate of drug-likeness (QED) is 0.100. The van der Waals surface area contributed by atoms with Crippen LogP contribution in [0, 0.1) is 29.6 Å². The summed E-state index contributed by atoms with van der Waals surface area (Å²) in [4.78, 5) is 75.8. The number of aryl methyl sites for hydroxylation is 1. The van der Waals surface area contributed by atoms with Crippen molar-refractivity contribution in [1.82, 2.24) is 40.4 Å². The van der Waals surface area contributed by atoms with E-state index in [1.165, 1.54) is 60.5 Å². The predicted octanol–water partition coefficient (Wildman–Crippen LogP) is 11.8. The molecule has 4 heterocycles. The fourth-order valence-electron chi connectivity index (χ4n) is 14.5. The number of rotatable bonds is 10. The van der Waals surface area contributed by atoms with Crippen LogP contribution in [0.25, 0.3) is 38.8 Å². The highest BCUT2D eigenvalue weighted by Gasteiger charge is 2.50. The number of amides is 4. The molecule has 75 heavy (non-hydrogen) atoms. The van der Waals surface area contributed by atoms with Gasteiger partial charge in [-0.2, -0.15) is 0 Å². The molecule has 4 bridgehead atoms. The number of carbonyl (C=O) groups is 4. The van der Waals surface area contributed by atoms with Gasteiger partial charge in [0.1, 0.15) is 23.7 Å². The molecule has 14 heteroatoms. The molecule has 0 spiro atoms. The topological polar surface area (TPSA) is 175 Å².